The highest BCUT2D eigenvalue weighted by molar-refractivity contribution is 6.11. The second-order valence-corrected chi connectivity index (χ2v) is 16.3. The molecule has 4 aromatic heterocycles. The lowest BCUT2D eigenvalue weighted by atomic mass is 9.92. The van der Waals surface area contributed by atoms with Gasteiger partial charge in [-0.3, -0.25) is 0 Å². The summed E-state index contributed by atoms with van der Waals surface area (Å²) in [6.07, 6.45) is 0. The maximum Gasteiger partial charge on any atom is 0.164 e. The Hall–Kier alpha value is -9.12. The minimum Gasteiger partial charge on any atom is -0.456 e. The van der Waals surface area contributed by atoms with E-state index < -0.39 is 0 Å². The lowest BCUT2D eigenvalue weighted by Crippen LogP contribution is -2.04. The van der Waals surface area contributed by atoms with Crippen molar-refractivity contribution in [1.29, 1.82) is 5.26 Å². The van der Waals surface area contributed by atoms with Gasteiger partial charge in [-0.1, -0.05) is 127 Å². The van der Waals surface area contributed by atoms with Crippen LogP contribution in [0.2, 0.25) is 0 Å². The first-order valence-electron chi connectivity index (χ1n) is 21.5. The average molecular weight is 832 g/mol. The highest BCUT2D eigenvalue weighted by atomic mass is 16.3. The van der Waals surface area contributed by atoms with E-state index in [1.54, 1.807) is 0 Å². The Balaban J connectivity index is 1.10. The molecule has 7 nitrogen and oxygen atoms in total. The minimum absolute atomic E-state index is 0.513. The Bertz CT molecular complexity index is 3890. The molecule has 9 aromatic carbocycles. The van der Waals surface area contributed by atoms with Crippen molar-refractivity contribution in [1.82, 2.24) is 19.5 Å². The highest BCUT2D eigenvalue weighted by Gasteiger charge is 2.24. The molecule has 0 amide bonds. The molecular formula is C58H33N5O2. The fourth-order valence-corrected chi connectivity index (χ4v) is 9.46. The Morgan fingerprint density at radius 2 is 0.815 bits per heavy atom. The number of fused-ring (bicyclic) bond motifs is 9. The van der Waals surface area contributed by atoms with Crippen LogP contribution >= 0.6 is 0 Å². The molecule has 0 radical (unpaired) electrons. The molecule has 4 heterocycles. The van der Waals surface area contributed by atoms with Crippen molar-refractivity contribution in [3.63, 3.8) is 0 Å². The van der Waals surface area contributed by atoms with Gasteiger partial charge in [-0.2, -0.15) is 5.26 Å². The number of nitrogens with zero attached hydrogens (tertiary/aromatic N) is 5. The van der Waals surface area contributed by atoms with Crippen LogP contribution < -0.4 is 0 Å². The molecule has 0 aliphatic heterocycles. The lowest BCUT2D eigenvalue weighted by Gasteiger charge is -2.21. The molecular weight excluding hydrogens is 799 g/mol. The fraction of sp³-hybridized carbons (Fsp3) is 0. The molecule has 13 aromatic rings. The molecule has 0 aliphatic rings. The summed E-state index contributed by atoms with van der Waals surface area (Å²) < 4.78 is 15.1. The van der Waals surface area contributed by atoms with E-state index in [1.807, 2.05) is 72.8 Å². The van der Waals surface area contributed by atoms with Crippen molar-refractivity contribution in [3.8, 4) is 68.2 Å². The maximum atomic E-state index is 9.97. The second kappa shape index (κ2) is 14.5. The first-order chi connectivity index (χ1) is 32.1. The third-order valence-corrected chi connectivity index (χ3v) is 12.5. The van der Waals surface area contributed by atoms with Crippen molar-refractivity contribution in [2.24, 2.45) is 0 Å². The summed E-state index contributed by atoms with van der Waals surface area (Å²) >= 11 is 0. The third kappa shape index (κ3) is 5.93. The Morgan fingerprint density at radius 3 is 1.37 bits per heavy atom. The Labute approximate surface area is 371 Å². The normalized spacial score (nSPS) is 11.7. The van der Waals surface area contributed by atoms with Gasteiger partial charge in [0.25, 0.3) is 0 Å². The highest BCUT2D eigenvalue weighted by Crippen LogP contribution is 2.44. The van der Waals surface area contributed by atoms with Crippen molar-refractivity contribution < 1.29 is 8.83 Å². The van der Waals surface area contributed by atoms with Gasteiger partial charge in [0.15, 0.2) is 17.5 Å². The van der Waals surface area contributed by atoms with Gasteiger partial charge in [0.2, 0.25) is 0 Å². The van der Waals surface area contributed by atoms with Crippen LogP contribution in [0.25, 0.3) is 128 Å². The van der Waals surface area contributed by atoms with E-state index in [4.69, 9.17) is 23.8 Å². The summed E-state index contributed by atoms with van der Waals surface area (Å²) in [5, 5.41) is 16.2. The first kappa shape index (κ1) is 36.5. The molecule has 0 spiro atoms. The van der Waals surface area contributed by atoms with E-state index in [0.717, 1.165) is 110 Å². The zero-order chi connectivity index (χ0) is 43.0. The summed E-state index contributed by atoms with van der Waals surface area (Å²) in [5.74, 6) is 1.54. The number of benzene rings is 9. The van der Waals surface area contributed by atoms with Crippen molar-refractivity contribution >= 4 is 65.7 Å². The maximum absolute atomic E-state index is 9.97. The van der Waals surface area contributed by atoms with E-state index in [2.05, 4.69) is 138 Å². The molecule has 0 saturated heterocycles. The second-order valence-electron chi connectivity index (χ2n) is 16.3. The van der Waals surface area contributed by atoms with Crippen molar-refractivity contribution in [2.75, 3.05) is 0 Å². The smallest absolute Gasteiger partial charge is 0.164 e. The van der Waals surface area contributed by atoms with Gasteiger partial charge < -0.3 is 13.4 Å². The van der Waals surface area contributed by atoms with E-state index in [0.29, 0.717) is 23.0 Å². The molecule has 0 fully saturated rings. The summed E-state index contributed by atoms with van der Waals surface area (Å²) in [6, 6.07) is 70.6. The molecule has 65 heavy (non-hydrogen) atoms. The van der Waals surface area contributed by atoms with Crippen LogP contribution in [0.4, 0.5) is 0 Å². The SMILES string of the molecule is N#Cc1ccc2c(c1)c1ccccc1n2-c1c(-c2ccccc2)cc(-c2nc(-c3ccc4c(c3)oc3ccccc34)nc(-c3ccc4c(c3)oc3ccccc34)n2)cc1-c1ccccc1. The molecule has 0 N–H and O–H groups in total. The topological polar surface area (TPSA) is 93.7 Å². The van der Waals surface area contributed by atoms with Gasteiger partial charge in [-0.15, -0.1) is 0 Å². The van der Waals surface area contributed by atoms with Gasteiger partial charge in [0, 0.05) is 60.1 Å². The molecule has 7 heteroatoms. The van der Waals surface area contributed by atoms with E-state index in [1.165, 1.54) is 0 Å². The van der Waals surface area contributed by atoms with Crippen LogP contribution in [0.1, 0.15) is 5.56 Å². The fourth-order valence-electron chi connectivity index (χ4n) is 9.46. The molecule has 0 aliphatic carbocycles. The van der Waals surface area contributed by atoms with Crippen LogP contribution in [0.5, 0.6) is 0 Å². The monoisotopic (exact) mass is 831 g/mol. The summed E-state index contributed by atoms with van der Waals surface area (Å²) in [5.41, 5.74) is 13.3. The molecule has 0 bridgehead atoms. The number of aromatic nitrogens is 4. The quantitative estimate of drug-likeness (QED) is 0.166. The van der Waals surface area contributed by atoms with E-state index in [9.17, 15) is 5.26 Å². The largest absolute Gasteiger partial charge is 0.456 e. The van der Waals surface area contributed by atoms with Gasteiger partial charge in [-0.25, -0.2) is 15.0 Å². The molecule has 0 atom stereocenters. The van der Waals surface area contributed by atoms with Crippen LogP contribution in [-0.2, 0) is 0 Å². The average Bonchev–Trinajstić information content (AvgIpc) is 4.05. The summed E-state index contributed by atoms with van der Waals surface area (Å²) in [4.78, 5) is 15.8. The Kier molecular flexibility index (Phi) is 8.14. The van der Waals surface area contributed by atoms with Gasteiger partial charge in [0.05, 0.1) is 28.4 Å². The molecule has 0 saturated carbocycles. The van der Waals surface area contributed by atoms with Crippen LogP contribution in [0.3, 0.4) is 0 Å². The summed E-state index contributed by atoms with van der Waals surface area (Å²) in [7, 11) is 0. The number of hydrogen-bond acceptors (Lipinski definition) is 6. The molecule has 0 unspecified atom stereocenters. The predicted molar refractivity (Wildman–Crippen MR) is 261 cm³/mol. The number of rotatable bonds is 6. The number of hydrogen-bond donors (Lipinski definition) is 0. The first-order valence-corrected chi connectivity index (χ1v) is 21.5. The van der Waals surface area contributed by atoms with E-state index in [-0.39, 0.29) is 0 Å². The van der Waals surface area contributed by atoms with E-state index >= 15 is 0 Å². The molecule has 13 rings (SSSR count). The zero-order valence-corrected chi connectivity index (χ0v) is 34.6. The Morgan fingerprint density at radius 1 is 0.354 bits per heavy atom. The lowest BCUT2D eigenvalue weighted by molar-refractivity contribution is 0.668. The third-order valence-electron chi connectivity index (χ3n) is 12.5. The van der Waals surface area contributed by atoms with Crippen LogP contribution in [0.15, 0.2) is 209 Å². The minimum atomic E-state index is 0.513. The number of furan rings is 2. The van der Waals surface area contributed by atoms with Crippen molar-refractivity contribution in [3.05, 3.63) is 206 Å². The standard InChI is InChI=1S/C58H33N5O2/c59-34-35-23-28-50-48(29-35)41-17-7-10-20-49(41)63(50)55-46(36-13-3-1-4-14-36)30-40(31-47(55)37-15-5-2-6-16-37)58-61-56(38-24-26-44-42-18-8-11-21-51(42)64-53(44)32-38)60-57(62-58)39-25-27-45-43-19-9-12-22-52(43)65-54(45)33-39/h1-33H. The predicted octanol–water partition coefficient (Wildman–Crippen LogP) is 15.0. The van der Waals surface area contributed by atoms with Crippen LogP contribution in [0, 0.1) is 11.3 Å². The number of nitriles is 1. The summed E-state index contributed by atoms with van der Waals surface area (Å²) in [6.45, 7) is 0. The number of para-hydroxylation sites is 3. The van der Waals surface area contributed by atoms with Crippen LogP contribution in [-0.4, -0.2) is 19.5 Å². The van der Waals surface area contributed by atoms with Gasteiger partial charge in [0.1, 0.15) is 22.3 Å². The zero-order valence-electron chi connectivity index (χ0n) is 34.6. The van der Waals surface area contributed by atoms with Gasteiger partial charge in [-0.05, 0) is 83.9 Å². The van der Waals surface area contributed by atoms with Gasteiger partial charge >= 0.3 is 0 Å². The molecule has 302 valence electrons. The van der Waals surface area contributed by atoms with Crippen molar-refractivity contribution in [2.45, 2.75) is 0 Å².